The van der Waals surface area contributed by atoms with E-state index in [2.05, 4.69) is 26.1 Å². The van der Waals surface area contributed by atoms with Crippen LogP contribution in [0.2, 0.25) is 0 Å². The average Bonchev–Trinajstić information content (AvgIpc) is 3.57. The van der Waals surface area contributed by atoms with Crippen molar-refractivity contribution >= 4 is 76.9 Å². The summed E-state index contributed by atoms with van der Waals surface area (Å²) >= 11 is 3.61. The first-order chi connectivity index (χ1) is 21.6. The van der Waals surface area contributed by atoms with Crippen LogP contribution in [0.4, 0.5) is 4.79 Å². The quantitative estimate of drug-likeness (QED) is 0.0505. The van der Waals surface area contributed by atoms with Crippen molar-refractivity contribution < 1.29 is 68.2 Å². The Labute approximate surface area is 296 Å². The monoisotopic (exact) mass is 696 g/mol. The van der Waals surface area contributed by atoms with E-state index in [1.807, 2.05) is 0 Å². The molecule has 2 saturated heterocycles. The normalized spacial score (nSPS) is 21.5. The maximum Gasteiger partial charge on any atom is 1.00 e. The van der Waals surface area contributed by atoms with Gasteiger partial charge >= 0.3 is 47.4 Å². The average molecular weight is 697 g/mol. The summed E-state index contributed by atoms with van der Waals surface area (Å²) < 4.78 is 0.596. The van der Waals surface area contributed by atoms with Crippen LogP contribution in [0, 0.1) is 0 Å². The number of hydrogen-bond acceptors (Lipinski definition) is 13. The number of amides is 7. The fraction of sp³-hybridized carbons (Fsp3) is 0.346. The minimum absolute atomic E-state index is 0. The summed E-state index contributed by atoms with van der Waals surface area (Å²) in [6, 6.07) is 5.41. The van der Waals surface area contributed by atoms with Crippen molar-refractivity contribution in [3.05, 3.63) is 52.7 Å². The number of piperazine rings is 1. The molecule has 3 N–H and O–H groups in total. The van der Waals surface area contributed by atoms with Crippen molar-refractivity contribution in [3.63, 3.8) is 0 Å². The summed E-state index contributed by atoms with van der Waals surface area (Å²) in [4.78, 5) is 92.5. The van der Waals surface area contributed by atoms with Gasteiger partial charge in [-0.15, -0.1) is 22.0 Å². The van der Waals surface area contributed by atoms with Crippen LogP contribution in [0.25, 0.3) is 0 Å². The topological polar surface area (TPSA) is 214 Å². The summed E-state index contributed by atoms with van der Waals surface area (Å²) in [5.74, 6) is -5.10. The van der Waals surface area contributed by atoms with Crippen molar-refractivity contribution in [2.75, 3.05) is 31.1 Å². The fourth-order valence-electron chi connectivity index (χ4n) is 5.05. The van der Waals surface area contributed by atoms with Gasteiger partial charge in [0.2, 0.25) is 18.0 Å². The molecule has 3 aliphatic heterocycles. The molecule has 1 unspecified atom stereocenters. The Kier molecular flexibility index (Phi) is 11.5. The number of likely N-dealkylation sites (N-methyl/N-ethyl adjacent to an activating group) is 1. The van der Waals surface area contributed by atoms with Crippen LogP contribution < -0.4 is 50.6 Å². The molecule has 1 aromatic heterocycles. The number of carbonyl (C=O) groups is 7. The van der Waals surface area contributed by atoms with Gasteiger partial charge in [-0.1, -0.05) is 53.4 Å². The molecule has 5 rings (SSSR count). The minimum atomic E-state index is -2.07. The Morgan fingerprint density at radius 2 is 1.91 bits per heavy atom. The van der Waals surface area contributed by atoms with Gasteiger partial charge in [0.05, 0.1) is 11.7 Å². The Morgan fingerprint density at radius 1 is 1.17 bits per heavy atom. The van der Waals surface area contributed by atoms with Crippen molar-refractivity contribution in [1.82, 2.24) is 40.8 Å². The number of carbonyl (C=O) groups excluding carboxylic acids is 7. The molecule has 0 saturated carbocycles. The number of β-lactam (4-membered cyclic amide) rings is 1. The van der Waals surface area contributed by atoms with Crippen LogP contribution in [0.3, 0.4) is 0 Å². The summed E-state index contributed by atoms with van der Waals surface area (Å²) in [5.41, 5.74) is -0.272. The van der Waals surface area contributed by atoms with Gasteiger partial charge in [0.25, 0.3) is 5.91 Å². The molecule has 0 bridgehead atoms. The smallest absolute Gasteiger partial charge is 0.543 e. The first-order valence-corrected chi connectivity index (χ1v) is 16.3. The van der Waals surface area contributed by atoms with Crippen LogP contribution >= 0.6 is 34.9 Å². The van der Waals surface area contributed by atoms with Crippen molar-refractivity contribution in [2.45, 2.75) is 28.3 Å². The predicted molar refractivity (Wildman–Crippen MR) is 158 cm³/mol. The molecule has 46 heavy (non-hydrogen) atoms. The Morgan fingerprint density at radius 3 is 2.54 bits per heavy atom. The van der Waals surface area contributed by atoms with Crippen molar-refractivity contribution in [1.29, 1.82) is 0 Å². The second-order valence-corrected chi connectivity index (χ2v) is 12.9. The molecule has 16 nitrogen and oxygen atoms in total. The third kappa shape index (κ3) is 6.65. The van der Waals surface area contributed by atoms with Crippen LogP contribution in [-0.4, -0.2) is 109 Å². The molecule has 3 aliphatic rings. The van der Waals surface area contributed by atoms with E-state index in [0.717, 1.165) is 16.7 Å². The Balaban J connectivity index is 0.00000480. The maximum atomic E-state index is 13.8. The van der Waals surface area contributed by atoms with Crippen molar-refractivity contribution in [3.8, 4) is 0 Å². The van der Waals surface area contributed by atoms with E-state index in [1.165, 1.54) is 45.6 Å². The van der Waals surface area contributed by atoms with Crippen LogP contribution in [0.5, 0.6) is 0 Å². The van der Waals surface area contributed by atoms with E-state index in [4.69, 9.17) is 0 Å². The molecule has 2 aromatic rings. The van der Waals surface area contributed by atoms with E-state index >= 15 is 0 Å². The van der Waals surface area contributed by atoms with E-state index < -0.39 is 52.7 Å². The zero-order chi connectivity index (χ0) is 32.3. The molecule has 7 amide bonds. The minimum Gasteiger partial charge on any atom is -0.543 e. The molecule has 0 radical (unpaired) electrons. The number of aromatic nitrogens is 2. The predicted octanol–water partition coefficient (Wildman–Crippen LogP) is -4.75. The summed E-state index contributed by atoms with van der Waals surface area (Å²) in [5, 5.41) is 26.1. The van der Waals surface area contributed by atoms with Crippen LogP contribution in [0.15, 0.2) is 51.5 Å². The number of carboxylic acid groups (broad SMARTS) is 1. The van der Waals surface area contributed by atoms with Gasteiger partial charge in [0.15, 0.2) is 4.34 Å². The number of imide groups is 1. The third-order valence-corrected chi connectivity index (χ3v) is 10.6. The number of urea groups is 1. The third-order valence-electron chi connectivity index (χ3n) is 7.26. The van der Waals surface area contributed by atoms with Gasteiger partial charge in [-0.2, -0.15) is 0 Å². The molecule has 0 aliphatic carbocycles. The molecule has 2 fully saturated rings. The number of aliphatic carboxylic acids is 1. The van der Waals surface area contributed by atoms with Gasteiger partial charge in [0.1, 0.15) is 16.9 Å². The summed E-state index contributed by atoms with van der Waals surface area (Å²) in [6.45, 7) is 1.98. The number of fused-ring (bicyclic) bond motifs is 1. The zero-order valence-corrected chi connectivity index (χ0v) is 28.9. The molecule has 0 spiro atoms. The van der Waals surface area contributed by atoms with Gasteiger partial charge in [-0.3, -0.25) is 33.8 Å². The molecule has 236 valence electrons. The first-order valence-electron chi connectivity index (χ1n) is 13.4. The number of carboxylic acids is 1. The number of nitrogens with one attached hydrogen (secondary N) is 3. The number of nitrogens with zero attached hydrogens (tertiary/aromatic N) is 5. The molecular weight excluding hydrogens is 672 g/mol. The van der Waals surface area contributed by atoms with E-state index in [-0.39, 0.29) is 78.4 Å². The number of rotatable bonds is 11. The van der Waals surface area contributed by atoms with E-state index in [1.54, 1.807) is 25.1 Å². The maximum absolute atomic E-state index is 13.8. The van der Waals surface area contributed by atoms with E-state index in [0.29, 0.717) is 14.8 Å². The van der Waals surface area contributed by atoms with Gasteiger partial charge in [-0.25, -0.2) is 4.79 Å². The standard InChI is InChI=1S/C26H26N8O8S3.Na/c1-2-32-8-9-33(20(38)19(32)37)24(42)29-16(14-6-4-3-5-7-14)18(36)30-26(27-12-35)22(41)34-17(21(39)40)15(10-43-23(26)34)11-44-25-31-28-13-45-25;/h3-7,12-13,16,23H,2,8-11H2,1H3,(H,27,35)(H,29,42)(H,30,36)(H,39,40);/q;+1/p-1/t16?,23-,26-;/m1./s1. The Hall–Kier alpha value is -3.49. The second kappa shape index (κ2) is 14.9. The number of hydrogen-bond donors (Lipinski definition) is 3. The molecule has 20 heteroatoms. The SMILES string of the molecule is CCN1CCN(C(=O)NC(C(=O)N[C@]2(NC=O)C(=O)N3C(C(=O)[O-])=C(CSc4nncs4)CS[C@@H]32)c2ccccc2)C(=O)C1=O.[Na+]. The van der Waals surface area contributed by atoms with Crippen LogP contribution in [0.1, 0.15) is 18.5 Å². The first kappa shape index (κ1) is 35.4. The second-order valence-electron chi connectivity index (χ2n) is 9.77. The number of thioether (sulfide) groups is 2. The molecule has 1 aromatic carbocycles. The molecule has 3 atom stereocenters. The zero-order valence-electron chi connectivity index (χ0n) is 24.5. The molecule has 4 heterocycles. The molecular formula is C26H25N8NaO8S3. The fourth-order valence-corrected chi connectivity index (χ4v) is 8.11. The van der Waals surface area contributed by atoms with Crippen LogP contribution in [-0.2, 0) is 28.8 Å². The summed E-state index contributed by atoms with van der Waals surface area (Å²) in [6.07, 6.45) is 0.201. The largest absolute Gasteiger partial charge is 1.00 e. The van der Waals surface area contributed by atoms with E-state index in [9.17, 15) is 38.7 Å². The number of benzene rings is 1. The van der Waals surface area contributed by atoms with Gasteiger partial charge in [0, 0.05) is 31.1 Å². The van der Waals surface area contributed by atoms with Gasteiger partial charge < -0.3 is 30.8 Å². The van der Waals surface area contributed by atoms with Gasteiger partial charge in [-0.05, 0) is 18.1 Å². The Bertz CT molecular complexity index is 1580. The summed E-state index contributed by atoms with van der Waals surface area (Å²) in [7, 11) is 0. The van der Waals surface area contributed by atoms with Crippen molar-refractivity contribution in [2.24, 2.45) is 0 Å².